The fourth-order valence-electron chi connectivity index (χ4n) is 10.7. The molecule has 0 spiro atoms. The highest BCUT2D eigenvalue weighted by molar-refractivity contribution is 6.36. The van der Waals surface area contributed by atoms with E-state index < -0.39 is 93.8 Å². The number of rotatable bonds is 36. The minimum absolute atomic E-state index is 0. The SMILES string of the molecule is CN(C)c1ccc(C(=O)OCC(=O)O[C@@H](Cc2c(Cl)c[nH+]cc2Cl)c2ccc(OC(F)F)c(OCC3CC3)c2)cn1.CNC.O=C(CO)O[C@@H](Cc1c(Cl)c[n+](O)cc1Cl)c1ccc(OC(F)F)c(OCC2CC2)c1.O=C(COC(=O)c1ccc(Cl)nc1)O[C@@H](Cc1c(Cl)c[nH+]cc1Cl)c1ccc(OC(F)F)c(OCC2CC2)c1.O=C(O)c1ccc(Cl)nc1.[OH-].[OH-]. The average molecular weight is 1930 g/mol. The van der Waals surface area contributed by atoms with Gasteiger partial charge < -0.3 is 83.5 Å². The molecule has 3 aliphatic carbocycles. The number of benzene rings is 3. The van der Waals surface area contributed by atoms with Crippen molar-refractivity contribution in [1.82, 2.24) is 20.3 Å². The Bertz CT molecular complexity index is 5010. The van der Waals surface area contributed by atoms with E-state index in [4.69, 9.17) is 141 Å². The minimum atomic E-state index is -3.06. The number of pyridine rings is 6. The van der Waals surface area contributed by atoms with E-state index in [0.29, 0.717) is 96.7 Å². The number of carbonyl (C=O) groups excluding carboxylic acids is 5. The van der Waals surface area contributed by atoms with Crippen LogP contribution in [-0.2, 0) is 57.3 Å². The highest BCUT2D eigenvalue weighted by Gasteiger charge is 2.32. The van der Waals surface area contributed by atoms with Gasteiger partial charge in [-0.2, -0.15) is 26.3 Å². The molecule has 6 aromatic heterocycles. The number of carbonyl (C=O) groups is 6. The smallest absolute Gasteiger partial charge is 0.387 e. The number of aliphatic hydroxyl groups excluding tert-OH is 1. The third kappa shape index (κ3) is 35.0. The lowest BCUT2D eigenvalue weighted by Crippen LogP contribution is -2.29. The predicted octanol–water partition coefficient (Wildman–Crippen LogP) is 15.9. The Balaban J connectivity index is 0.000000271. The molecule has 680 valence electrons. The molecule has 0 unspecified atom stereocenters. The summed E-state index contributed by atoms with van der Waals surface area (Å²) in [6.07, 6.45) is 15.2. The average Bonchev–Trinajstić information content (AvgIpc) is 1.15. The maximum absolute atomic E-state index is 13.0. The summed E-state index contributed by atoms with van der Waals surface area (Å²) in [5, 5.41) is 31.7. The molecule has 0 saturated heterocycles. The second kappa shape index (κ2) is 52.0. The Morgan fingerprint density at radius 2 is 0.786 bits per heavy atom. The molecule has 0 amide bonds. The van der Waals surface area contributed by atoms with Gasteiger partial charge in [0.15, 0.2) is 72.5 Å². The number of anilines is 1. The number of aromatic nitrogens is 6. The van der Waals surface area contributed by atoms with Crippen LogP contribution < -0.4 is 53.3 Å². The topological polar surface area (TPSA) is 411 Å². The van der Waals surface area contributed by atoms with Crippen LogP contribution in [-0.4, -0.2) is 165 Å². The highest BCUT2D eigenvalue weighted by Crippen LogP contribution is 2.42. The fourth-order valence-corrected chi connectivity index (χ4v) is 12.5. The van der Waals surface area contributed by atoms with E-state index >= 15 is 0 Å². The van der Waals surface area contributed by atoms with Gasteiger partial charge in [-0.3, -0.25) is 5.21 Å². The number of carboxylic acids is 1. The fraction of sp³-hybridized carbons (Fsp3) is 0.341. The van der Waals surface area contributed by atoms with Crippen LogP contribution in [0.4, 0.5) is 32.2 Å². The summed E-state index contributed by atoms with van der Waals surface area (Å²) < 4.78 is 136. The molecule has 0 aliphatic heterocycles. The zero-order valence-electron chi connectivity index (χ0n) is 66.9. The van der Waals surface area contributed by atoms with Gasteiger partial charge in [-0.15, -0.1) is 0 Å². The van der Waals surface area contributed by atoms with Gasteiger partial charge >= 0.3 is 55.7 Å². The molecule has 6 heterocycles. The number of aliphatic hydroxyl groups is 1. The van der Waals surface area contributed by atoms with Crippen molar-refractivity contribution in [3.63, 3.8) is 0 Å². The first-order chi connectivity index (χ1) is 59.2. The first-order valence-electron chi connectivity index (χ1n) is 37.3. The monoisotopic (exact) mass is 1930 g/mol. The second-order valence-corrected chi connectivity index (χ2v) is 30.5. The van der Waals surface area contributed by atoms with Crippen molar-refractivity contribution in [3.05, 3.63) is 237 Å². The summed E-state index contributed by atoms with van der Waals surface area (Å²) in [6.45, 7) is -10.4. The van der Waals surface area contributed by atoms with E-state index in [1.165, 1.54) is 141 Å². The highest BCUT2D eigenvalue weighted by atomic mass is 35.5. The second-order valence-electron chi connectivity index (χ2n) is 27.3. The molecule has 0 radical (unpaired) electrons. The number of hydrogen-bond donors (Lipinski definition) is 4. The summed E-state index contributed by atoms with van der Waals surface area (Å²) >= 11 is 48.8. The van der Waals surface area contributed by atoms with E-state index in [-0.39, 0.29) is 107 Å². The number of carboxylic acid groups (broad SMARTS) is 1. The van der Waals surface area contributed by atoms with E-state index in [1.807, 2.05) is 28.2 Å². The van der Waals surface area contributed by atoms with Crippen molar-refractivity contribution in [2.45, 2.75) is 95.9 Å². The molecule has 3 atom stereocenters. The van der Waals surface area contributed by atoms with Crippen LogP contribution in [0.25, 0.3) is 0 Å². The lowest BCUT2D eigenvalue weighted by molar-refractivity contribution is -0.904. The molecule has 12 rings (SSSR count). The first-order valence-corrected chi connectivity index (χ1v) is 40.3. The van der Waals surface area contributed by atoms with Crippen molar-refractivity contribution in [2.24, 2.45) is 17.8 Å². The molecule has 44 heteroatoms. The van der Waals surface area contributed by atoms with Crippen molar-refractivity contribution in [3.8, 4) is 34.5 Å². The van der Waals surface area contributed by atoms with E-state index in [0.717, 1.165) is 38.5 Å². The molecule has 3 aliphatic rings. The number of H-pyrrole nitrogens is 2. The standard InChI is InChI=1S/C28H27Cl2F2N3O6.C26H21Cl3F2N2O6.C20H20Cl2F2NO6.C6H4ClNO2.C2H7N.2H2O/c1-35(2)25-8-6-18(11-34-25)27(37)39-15-26(36)40-23(10-19-20(29)12-33-13-21(19)30)17-5-7-22(41-28(31)32)24(9-17)38-14-16-3-4-16;27-18-10-32-11-19(28)17(18)8-21(38-24(34)13-37-25(35)16-4-6-23(29)33-9-16)15-3-5-20(39-26(30)31)22(7-15)36-12-14-1-2-14;21-14-7-25(28)8-15(22)13(14)6-17(30-19(27)9-26)12-3-4-16(31-20(23)24)18(5-12)29-10-11-1-2-11;7-5-2-1-4(3-8-5)6(9)10;1-3-2;;/h5-9,11-13,16,23,28H,3-4,10,14-15H2,1-2H3;3-7,9-11,14,21,26H,1-2,8,12-13H2;3-5,7-8,11,17,20,26,28H,1-2,6,9-10H2;1-3H,(H,9,10);3H,1-2H3;2*1H2/q;;+1;;;;/t23-;21-;17-;;;;/m000..../s1. The number of ether oxygens (including phenoxy) is 11. The van der Waals surface area contributed by atoms with Crippen molar-refractivity contribution >= 4 is 134 Å². The number of aromatic amines is 2. The van der Waals surface area contributed by atoms with Gasteiger partial charge in [-0.05, 0) is 160 Å². The van der Waals surface area contributed by atoms with Crippen molar-refractivity contribution < 1.29 is 148 Å². The number of alkyl halides is 6. The van der Waals surface area contributed by atoms with Gasteiger partial charge in [0.1, 0.15) is 71.2 Å². The number of esters is 5. The van der Waals surface area contributed by atoms with Gasteiger partial charge in [-0.1, -0.05) is 111 Å². The van der Waals surface area contributed by atoms with E-state index in [1.54, 1.807) is 11.0 Å². The quantitative estimate of drug-likeness (QED) is 0.00707. The molecule has 3 fully saturated rings. The zero-order chi connectivity index (χ0) is 90.3. The number of halogens is 14. The molecule has 3 aromatic carbocycles. The summed E-state index contributed by atoms with van der Waals surface area (Å²) in [5.41, 5.74) is 2.89. The van der Waals surface area contributed by atoms with Crippen LogP contribution in [0, 0.1) is 17.8 Å². The first kappa shape index (κ1) is 104. The van der Waals surface area contributed by atoms with Crippen molar-refractivity contribution in [2.75, 3.05) is 72.7 Å². The van der Waals surface area contributed by atoms with Gasteiger partial charge in [0.05, 0.1) is 36.5 Å². The lowest BCUT2D eigenvalue weighted by atomic mass is 10.0. The van der Waals surface area contributed by atoms with Gasteiger partial charge in [0, 0.05) is 73.4 Å². The molecule has 3 saturated carbocycles. The maximum atomic E-state index is 13.0. The summed E-state index contributed by atoms with van der Waals surface area (Å²) in [7, 11) is 7.37. The third-order valence-corrected chi connectivity index (χ3v) is 19.8. The molecular formula is C82H83Cl8F6N8O22+. The summed E-state index contributed by atoms with van der Waals surface area (Å²) in [6, 6.07) is 21.5. The van der Waals surface area contributed by atoms with Crippen LogP contribution in [0.1, 0.15) is 121 Å². The normalized spacial score (nSPS) is 13.0. The van der Waals surface area contributed by atoms with Crippen molar-refractivity contribution in [1.29, 1.82) is 0 Å². The van der Waals surface area contributed by atoms with Crippen LogP contribution in [0.2, 0.25) is 40.4 Å². The number of hydrogen-bond acceptors (Lipinski definition) is 26. The minimum Gasteiger partial charge on any atom is -0.870 e. The number of aromatic carboxylic acids is 1. The Hall–Kier alpha value is -10.5. The summed E-state index contributed by atoms with van der Waals surface area (Å²) in [5.74, 6) is -3.75. The molecule has 126 heavy (non-hydrogen) atoms. The number of nitrogens with zero attached hydrogens (tertiary/aromatic N) is 5. The Morgan fingerprint density at radius 1 is 0.468 bits per heavy atom. The van der Waals surface area contributed by atoms with E-state index in [2.05, 4.69) is 44.4 Å². The van der Waals surface area contributed by atoms with Crippen LogP contribution >= 0.6 is 92.8 Å². The van der Waals surface area contributed by atoms with Gasteiger partial charge in [-0.25, -0.2) is 53.7 Å². The molecule has 0 bridgehead atoms. The van der Waals surface area contributed by atoms with Crippen LogP contribution in [0.3, 0.4) is 0 Å². The lowest BCUT2D eigenvalue weighted by Gasteiger charge is -2.21. The largest absolute Gasteiger partial charge is 0.870 e. The van der Waals surface area contributed by atoms with E-state index in [9.17, 15) is 60.3 Å². The molecule has 8 N–H and O–H groups in total. The third-order valence-electron chi connectivity index (χ3n) is 17.4. The molecular weight excluding hydrogens is 1850 g/mol. The van der Waals surface area contributed by atoms with Crippen LogP contribution in [0.15, 0.2) is 147 Å². The Kier molecular flexibility index (Phi) is 43.0. The Labute approximate surface area is 756 Å². The van der Waals surface area contributed by atoms with Gasteiger partial charge in [0.2, 0.25) is 12.4 Å². The predicted molar refractivity (Wildman–Crippen MR) is 442 cm³/mol. The summed E-state index contributed by atoms with van der Waals surface area (Å²) in [4.78, 5) is 91.2. The Morgan fingerprint density at radius 3 is 1.07 bits per heavy atom. The molecule has 9 aromatic rings. The zero-order valence-corrected chi connectivity index (χ0v) is 72.9. The van der Waals surface area contributed by atoms with Gasteiger partial charge in [0.25, 0.3) is 0 Å². The molecule has 30 nitrogen and oxygen atoms in total. The number of nitrogens with one attached hydrogen (secondary N) is 3. The van der Waals surface area contributed by atoms with Crippen LogP contribution in [0.5, 0.6) is 34.5 Å². The maximum Gasteiger partial charge on any atom is 0.387 e.